The van der Waals surface area contributed by atoms with E-state index in [2.05, 4.69) is 10.3 Å². The van der Waals surface area contributed by atoms with Crippen LogP contribution in [-0.4, -0.2) is 22.0 Å². The fourth-order valence-corrected chi connectivity index (χ4v) is 2.12. The van der Waals surface area contributed by atoms with Gasteiger partial charge in [0.25, 0.3) is 0 Å². The smallest absolute Gasteiger partial charge is 0.319 e. The van der Waals surface area contributed by atoms with Crippen LogP contribution in [0.3, 0.4) is 0 Å². The molecule has 0 aliphatic heterocycles. The van der Waals surface area contributed by atoms with Crippen molar-refractivity contribution in [1.29, 1.82) is 0 Å². The van der Waals surface area contributed by atoms with Gasteiger partial charge in [0.05, 0.1) is 11.2 Å². The number of hydrogen-bond donors (Lipinski definition) is 2. The van der Waals surface area contributed by atoms with E-state index in [0.29, 0.717) is 18.5 Å². The molecule has 0 atom stereocenters. The van der Waals surface area contributed by atoms with Crippen LogP contribution in [0.4, 0.5) is 5.69 Å². The summed E-state index contributed by atoms with van der Waals surface area (Å²) in [4.78, 5) is 27.4. The average Bonchev–Trinajstić information content (AvgIpc) is 3.20. The maximum Gasteiger partial charge on any atom is 0.319 e. The van der Waals surface area contributed by atoms with Crippen molar-refractivity contribution in [3.8, 4) is 0 Å². The van der Waals surface area contributed by atoms with Gasteiger partial charge in [-0.3, -0.25) is 14.6 Å². The summed E-state index contributed by atoms with van der Waals surface area (Å²) in [5.41, 5.74) is 0.133. The minimum atomic E-state index is -1.23. The number of aromatic nitrogens is 1. The molecule has 1 aromatic carbocycles. The second-order valence-electron chi connectivity index (χ2n) is 4.72. The molecule has 96 valence electrons. The van der Waals surface area contributed by atoms with Crippen LogP contribution < -0.4 is 5.32 Å². The predicted octanol–water partition coefficient (Wildman–Crippen LogP) is 2.04. The molecule has 1 aromatic heterocycles. The molecule has 0 spiro atoms. The third-order valence-corrected chi connectivity index (χ3v) is 3.49. The van der Waals surface area contributed by atoms with Crippen LogP contribution in [0.5, 0.6) is 0 Å². The van der Waals surface area contributed by atoms with E-state index in [1.165, 1.54) is 0 Å². The zero-order valence-electron chi connectivity index (χ0n) is 10.1. The van der Waals surface area contributed by atoms with E-state index in [4.69, 9.17) is 5.11 Å². The van der Waals surface area contributed by atoms with Gasteiger partial charge >= 0.3 is 5.97 Å². The van der Waals surface area contributed by atoms with Gasteiger partial charge in [0, 0.05) is 11.6 Å². The summed E-state index contributed by atoms with van der Waals surface area (Å²) in [5, 5.41) is 12.6. The number of benzene rings is 1. The van der Waals surface area contributed by atoms with Gasteiger partial charge in [0.2, 0.25) is 5.91 Å². The highest BCUT2D eigenvalue weighted by atomic mass is 16.4. The molecule has 2 aromatic rings. The fourth-order valence-electron chi connectivity index (χ4n) is 2.12. The predicted molar refractivity (Wildman–Crippen MR) is 69.7 cm³/mol. The van der Waals surface area contributed by atoms with Gasteiger partial charge < -0.3 is 10.4 Å². The van der Waals surface area contributed by atoms with E-state index in [0.717, 1.165) is 10.9 Å². The maximum absolute atomic E-state index is 12.1. The molecular formula is C14H12N2O3. The Morgan fingerprint density at radius 3 is 2.68 bits per heavy atom. The number of nitrogens with one attached hydrogen (secondary N) is 1. The van der Waals surface area contributed by atoms with Crippen LogP contribution in [0.25, 0.3) is 10.9 Å². The lowest BCUT2D eigenvalue weighted by atomic mass is 10.1. The third kappa shape index (κ3) is 1.83. The van der Waals surface area contributed by atoms with Crippen LogP contribution >= 0.6 is 0 Å². The van der Waals surface area contributed by atoms with Crippen molar-refractivity contribution in [1.82, 2.24) is 4.98 Å². The molecule has 2 N–H and O–H groups in total. The zero-order chi connectivity index (χ0) is 13.5. The lowest BCUT2D eigenvalue weighted by Gasteiger charge is -2.12. The molecule has 1 fully saturated rings. The number of amides is 1. The van der Waals surface area contributed by atoms with Gasteiger partial charge in [-0.25, -0.2) is 0 Å². The Labute approximate surface area is 109 Å². The number of nitrogens with zero attached hydrogens (tertiary/aromatic N) is 1. The van der Waals surface area contributed by atoms with Crippen LogP contribution in [0.15, 0.2) is 36.5 Å². The lowest BCUT2D eigenvalue weighted by molar-refractivity contribution is -0.147. The second kappa shape index (κ2) is 4.05. The fraction of sp³-hybridized carbons (Fsp3) is 0.214. The van der Waals surface area contributed by atoms with Gasteiger partial charge in [0.1, 0.15) is 5.41 Å². The Morgan fingerprint density at radius 1 is 1.21 bits per heavy atom. The average molecular weight is 256 g/mol. The van der Waals surface area contributed by atoms with Gasteiger partial charge in [-0.15, -0.1) is 0 Å². The number of anilines is 1. The van der Waals surface area contributed by atoms with Crippen molar-refractivity contribution >= 4 is 28.5 Å². The standard InChI is InChI=1S/C14H12N2O3/c17-12(14(6-7-14)13(18)19)16-11-5-1-4-10-9(11)3-2-8-15-10/h1-5,8H,6-7H2,(H,16,17)(H,18,19). The van der Waals surface area contributed by atoms with Crippen molar-refractivity contribution in [3.63, 3.8) is 0 Å². The largest absolute Gasteiger partial charge is 0.480 e. The quantitative estimate of drug-likeness (QED) is 0.823. The maximum atomic E-state index is 12.1. The number of carbonyl (C=O) groups is 2. The molecule has 0 radical (unpaired) electrons. The molecule has 0 unspecified atom stereocenters. The number of pyridine rings is 1. The summed E-state index contributed by atoms with van der Waals surface area (Å²) < 4.78 is 0. The highest BCUT2D eigenvalue weighted by Gasteiger charge is 2.57. The van der Waals surface area contributed by atoms with E-state index in [9.17, 15) is 9.59 Å². The third-order valence-electron chi connectivity index (χ3n) is 3.49. The molecular weight excluding hydrogens is 244 g/mol. The molecule has 1 saturated carbocycles. The first-order chi connectivity index (χ1) is 9.13. The summed E-state index contributed by atoms with van der Waals surface area (Å²) in [7, 11) is 0. The molecule has 5 heteroatoms. The number of hydrogen-bond acceptors (Lipinski definition) is 3. The number of fused-ring (bicyclic) bond motifs is 1. The summed E-state index contributed by atoms with van der Waals surface area (Å²) in [6.45, 7) is 0. The number of rotatable bonds is 3. The Morgan fingerprint density at radius 2 is 2.00 bits per heavy atom. The first kappa shape index (κ1) is 11.6. The van der Waals surface area contributed by atoms with Crippen molar-refractivity contribution in [2.24, 2.45) is 5.41 Å². The van der Waals surface area contributed by atoms with Crippen LogP contribution in [0.1, 0.15) is 12.8 Å². The molecule has 1 aliphatic rings. The van der Waals surface area contributed by atoms with Crippen LogP contribution in [0.2, 0.25) is 0 Å². The van der Waals surface area contributed by atoms with E-state index >= 15 is 0 Å². The van der Waals surface area contributed by atoms with Gasteiger partial charge in [-0.2, -0.15) is 0 Å². The minimum absolute atomic E-state index is 0.400. The summed E-state index contributed by atoms with van der Waals surface area (Å²) >= 11 is 0. The number of carboxylic acid groups (broad SMARTS) is 1. The first-order valence-electron chi connectivity index (χ1n) is 6.02. The molecule has 19 heavy (non-hydrogen) atoms. The normalized spacial score (nSPS) is 16.0. The van der Waals surface area contributed by atoms with Crippen molar-refractivity contribution in [3.05, 3.63) is 36.5 Å². The second-order valence-corrected chi connectivity index (χ2v) is 4.72. The van der Waals surface area contributed by atoms with Gasteiger partial charge in [0.15, 0.2) is 0 Å². The zero-order valence-corrected chi connectivity index (χ0v) is 10.1. The van der Waals surface area contributed by atoms with E-state index in [1.807, 2.05) is 12.1 Å². The number of aliphatic carboxylic acids is 1. The number of carboxylic acids is 1. The Bertz CT molecular complexity index is 672. The molecule has 1 amide bonds. The highest BCUT2D eigenvalue weighted by molar-refractivity contribution is 6.13. The lowest BCUT2D eigenvalue weighted by Crippen LogP contribution is -2.31. The monoisotopic (exact) mass is 256 g/mol. The summed E-state index contributed by atoms with van der Waals surface area (Å²) in [6.07, 6.45) is 2.47. The van der Waals surface area contributed by atoms with Gasteiger partial charge in [-0.05, 0) is 37.1 Å². The Balaban J connectivity index is 1.94. The van der Waals surface area contributed by atoms with Crippen molar-refractivity contribution < 1.29 is 14.7 Å². The van der Waals surface area contributed by atoms with Crippen molar-refractivity contribution in [2.75, 3.05) is 5.32 Å². The van der Waals surface area contributed by atoms with E-state index in [1.54, 1.807) is 24.4 Å². The summed E-state index contributed by atoms with van der Waals surface area (Å²) in [6, 6.07) is 9.00. The minimum Gasteiger partial charge on any atom is -0.480 e. The van der Waals surface area contributed by atoms with Gasteiger partial charge in [-0.1, -0.05) is 6.07 Å². The van der Waals surface area contributed by atoms with E-state index in [-0.39, 0.29) is 0 Å². The molecule has 1 heterocycles. The molecule has 0 bridgehead atoms. The highest BCUT2D eigenvalue weighted by Crippen LogP contribution is 2.47. The molecule has 0 saturated heterocycles. The molecule has 3 rings (SSSR count). The van der Waals surface area contributed by atoms with Crippen LogP contribution in [0, 0.1) is 5.41 Å². The SMILES string of the molecule is O=C(O)C1(C(=O)Nc2cccc3ncccc23)CC1. The molecule has 1 aliphatic carbocycles. The van der Waals surface area contributed by atoms with Crippen molar-refractivity contribution in [2.45, 2.75) is 12.8 Å². The number of carbonyl (C=O) groups excluding carboxylic acids is 1. The Kier molecular flexibility index (Phi) is 2.48. The first-order valence-corrected chi connectivity index (χ1v) is 6.02. The Hall–Kier alpha value is -2.43. The summed E-state index contributed by atoms with van der Waals surface area (Å²) in [5.74, 6) is -1.50. The van der Waals surface area contributed by atoms with Crippen LogP contribution in [-0.2, 0) is 9.59 Å². The van der Waals surface area contributed by atoms with E-state index < -0.39 is 17.3 Å². The topological polar surface area (TPSA) is 79.3 Å². The molecule has 5 nitrogen and oxygen atoms in total.